The number of amides is 2. The Morgan fingerprint density at radius 3 is 3.00 bits per heavy atom. The Hall–Kier alpha value is -2.71. The summed E-state index contributed by atoms with van der Waals surface area (Å²) in [5.74, 6) is 0.184. The SMILES string of the molecule is O=C(NCc1cc(F)cc2c1OCOC2)N[C@@H]1CCO[C@H]1c1ccncc1. The largest absolute Gasteiger partial charge is 0.467 e. The summed E-state index contributed by atoms with van der Waals surface area (Å²) in [5.41, 5.74) is 2.19. The molecule has 142 valence electrons. The monoisotopic (exact) mass is 373 g/mol. The van der Waals surface area contributed by atoms with E-state index in [2.05, 4.69) is 15.6 Å². The van der Waals surface area contributed by atoms with Gasteiger partial charge in [0.05, 0.1) is 12.6 Å². The van der Waals surface area contributed by atoms with Gasteiger partial charge in [-0.3, -0.25) is 4.98 Å². The van der Waals surface area contributed by atoms with E-state index in [9.17, 15) is 9.18 Å². The summed E-state index contributed by atoms with van der Waals surface area (Å²) in [7, 11) is 0. The average Bonchev–Trinajstić information content (AvgIpc) is 3.14. The number of benzene rings is 1. The van der Waals surface area contributed by atoms with Crippen molar-refractivity contribution in [3.63, 3.8) is 0 Å². The molecule has 0 aliphatic carbocycles. The van der Waals surface area contributed by atoms with Crippen LogP contribution in [-0.2, 0) is 22.6 Å². The van der Waals surface area contributed by atoms with Crippen molar-refractivity contribution in [1.29, 1.82) is 0 Å². The molecule has 0 radical (unpaired) electrons. The Labute approximate surface area is 155 Å². The van der Waals surface area contributed by atoms with Crippen LogP contribution in [0.4, 0.5) is 9.18 Å². The van der Waals surface area contributed by atoms with E-state index in [-0.39, 0.29) is 37.3 Å². The van der Waals surface area contributed by atoms with Gasteiger partial charge < -0.3 is 24.8 Å². The summed E-state index contributed by atoms with van der Waals surface area (Å²) < 4.78 is 30.2. The van der Waals surface area contributed by atoms with Crippen molar-refractivity contribution >= 4 is 6.03 Å². The Balaban J connectivity index is 1.38. The number of halogens is 1. The Morgan fingerprint density at radius 1 is 1.30 bits per heavy atom. The fourth-order valence-electron chi connectivity index (χ4n) is 3.40. The van der Waals surface area contributed by atoms with Crippen LogP contribution >= 0.6 is 0 Å². The molecule has 27 heavy (non-hydrogen) atoms. The van der Waals surface area contributed by atoms with Crippen LogP contribution in [-0.4, -0.2) is 30.5 Å². The molecular formula is C19H20FN3O4. The van der Waals surface area contributed by atoms with Gasteiger partial charge in [0.2, 0.25) is 0 Å². The van der Waals surface area contributed by atoms with Gasteiger partial charge in [0.15, 0.2) is 6.79 Å². The van der Waals surface area contributed by atoms with E-state index < -0.39 is 0 Å². The van der Waals surface area contributed by atoms with Crippen molar-refractivity contribution in [2.24, 2.45) is 0 Å². The van der Waals surface area contributed by atoms with E-state index in [1.807, 2.05) is 12.1 Å². The van der Waals surface area contributed by atoms with Crippen LogP contribution in [0.25, 0.3) is 0 Å². The molecular weight excluding hydrogens is 353 g/mol. The molecule has 7 nitrogen and oxygen atoms in total. The van der Waals surface area contributed by atoms with Crippen molar-refractivity contribution in [2.75, 3.05) is 13.4 Å². The first-order valence-electron chi connectivity index (χ1n) is 8.78. The number of carbonyl (C=O) groups excluding carboxylic acids is 1. The van der Waals surface area contributed by atoms with E-state index in [4.69, 9.17) is 14.2 Å². The van der Waals surface area contributed by atoms with E-state index in [0.29, 0.717) is 30.1 Å². The molecule has 4 rings (SSSR count). The summed E-state index contributed by atoms with van der Waals surface area (Å²) in [6, 6.07) is 6.02. The maximum atomic E-state index is 13.8. The molecule has 2 aliphatic rings. The minimum Gasteiger partial charge on any atom is -0.467 e. The molecule has 2 atom stereocenters. The van der Waals surface area contributed by atoms with Crippen LogP contribution in [0.2, 0.25) is 0 Å². The Morgan fingerprint density at radius 2 is 2.15 bits per heavy atom. The fraction of sp³-hybridized carbons (Fsp3) is 0.368. The zero-order valence-electron chi connectivity index (χ0n) is 14.6. The lowest BCUT2D eigenvalue weighted by atomic mass is 10.0. The smallest absolute Gasteiger partial charge is 0.315 e. The molecule has 8 heteroatoms. The van der Waals surface area contributed by atoms with E-state index in [0.717, 1.165) is 12.0 Å². The van der Waals surface area contributed by atoms with Gasteiger partial charge in [-0.25, -0.2) is 9.18 Å². The lowest BCUT2D eigenvalue weighted by molar-refractivity contribution is -0.0173. The predicted molar refractivity (Wildman–Crippen MR) is 93.4 cm³/mol. The number of fused-ring (bicyclic) bond motifs is 1. The number of ether oxygens (including phenoxy) is 3. The molecule has 3 heterocycles. The summed E-state index contributed by atoms with van der Waals surface area (Å²) in [6.45, 7) is 1.13. The summed E-state index contributed by atoms with van der Waals surface area (Å²) >= 11 is 0. The van der Waals surface area contributed by atoms with Gasteiger partial charge in [0.25, 0.3) is 0 Å². The second-order valence-corrected chi connectivity index (χ2v) is 6.46. The third-order valence-corrected chi connectivity index (χ3v) is 4.63. The van der Waals surface area contributed by atoms with Crippen LogP contribution in [0.3, 0.4) is 0 Å². The van der Waals surface area contributed by atoms with Crippen LogP contribution in [0, 0.1) is 5.82 Å². The fourth-order valence-corrected chi connectivity index (χ4v) is 3.40. The topological polar surface area (TPSA) is 81.7 Å². The number of aromatic nitrogens is 1. The molecule has 0 spiro atoms. The maximum Gasteiger partial charge on any atom is 0.315 e. The molecule has 2 aromatic rings. The molecule has 0 bridgehead atoms. The first-order valence-corrected chi connectivity index (χ1v) is 8.78. The molecule has 0 saturated carbocycles. The van der Waals surface area contributed by atoms with Crippen LogP contribution < -0.4 is 15.4 Å². The van der Waals surface area contributed by atoms with Gasteiger partial charge in [0.1, 0.15) is 17.7 Å². The lowest BCUT2D eigenvalue weighted by Gasteiger charge is -2.22. The highest BCUT2D eigenvalue weighted by molar-refractivity contribution is 5.74. The zero-order valence-corrected chi connectivity index (χ0v) is 14.6. The summed E-state index contributed by atoms with van der Waals surface area (Å²) in [5, 5.41) is 5.71. The molecule has 0 unspecified atom stereocenters. The molecule has 1 saturated heterocycles. The molecule has 2 amide bonds. The molecule has 1 aromatic heterocycles. The van der Waals surface area contributed by atoms with Gasteiger partial charge in [0, 0.05) is 36.7 Å². The predicted octanol–water partition coefficient (Wildman–Crippen LogP) is 2.42. The summed E-state index contributed by atoms with van der Waals surface area (Å²) in [4.78, 5) is 16.4. The number of nitrogens with one attached hydrogen (secondary N) is 2. The maximum absolute atomic E-state index is 13.8. The Kier molecular flexibility index (Phi) is 5.17. The molecule has 1 fully saturated rings. The highest BCUT2D eigenvalue weighted by atomic mass is 19.1. The second kappa shape index (κ2) is 7.89. The van der Waals surface area contributed by atoms with Gasteiger partial charge >= 0.3 is 6.03 Å². The van der Waals surface area contributed by atoms with Crippen molar-refractivity contribution < 1.29 is 23.4 Å². The average molecular weight is 373 g/mol. The molecule has 2 aliphatic heterocycles. The van der Waals surface area contributed by atoms with E-state index in [1.165, 1.54) is 12.1 Å². The van der Waals surface area contributed by atoms with Gasteiger partial charge in [-0.2, -0.15) is 0 Å². The zero-order chi connectivity index (χ0) is 18.6. The first kappa shape index (κ1) is 17.7. The highest BCUT2D eigenvalue weighted by Gasteiger charge is 2.31. The first-order chi connectivity index (χ1) is 13.2. The van der Waals surface area contributed by atoms with Crippen molar-refractivity contribution in [3.8, 4) is 5.75 Å². The number of hydrogen-bond donors (Lipinski definition) is 2. The van der Waals surface area contributed by atoms with E-state index in [1.54, 1.807) is 12.4 Å². The van der Waals surface area contributed by atoms with Crippen molar-refractivity contribution in [3.05, 3.63) is 59.2 Å². The number of nitrogens with zero attached hydrogens (tertiary/aromatic N) is 1. The minimum atomic E-state index is -0.387. The minimum absolute atomic E-state index is 0.116. The van der Waals surface area contributed by atoms with E-state index >= 15 is 0 Å². The third-order valence-electron chi connectivity index (χ3n) is 4.63. The van der Waals surface area contributed by atoms with Crippen LogP contribution in [0.5, 0.6) is 5.75 Å². The normalized spacial score (nSPS) is 21.2. The highest BCUT2D eigenvalue weighted by Crippen LogP contribution is 2.30. The quantitative estimate of drug-likeness (QED) is 0.860. The number of rotatable bonds is 4. The van der Waals surface area contributed by atoms with Gasteiger partial charge in [-0.1, -0.05) is 0 Å². The second-order valence-electron chi connectivity index (χ2n) is 6.46. The number of urea groups is 1. The molecule has 1 aromatic carbocycles. The lowest BCUT2D eigenvalue weighted by Crippen LogP contribution is -2.43. The van der Waals surface area contributed by atoms with Crippen molar-refractivity contribution in [1.82, 2.24) is 15.6 Å². The molecule has 2 N–H and O–H groups in total. The third kappa shape index (κ3) is 4.01. The standard InChI is InChI=1S/C19H20FN3O4/c20-15-7-13(17-14(8-15)10-25-11-27-17)9-22-19(24)23-16-3-6-26-18(16)12-1-4-21-5-2-12/h1-2,4-5,7-8,16,18H,3,6,9-11H2,(H2,22,23,24)/t16-,18+/m1/s1. The van der Waals surface area contributed by atoms with Gasteiger partial charge in [-0.05, 0) is 36.2 Å². The van der Waals surface area contributed by atoms with Gasteiger partial charge in [-0.15, -0.1) is 0 Å². The number of carbonyl (C=O) groups is 1. The van der Waals surface area contributed by atoms with Crippen molar-refractivity contribution in [2.45, 2.75) is 31.7 Å². The Bertz CT molecular complexity index is 818. The number of hydrogen-bond acceptors (Lipinski definition) is 5. The van der Waals surface area contributed by atoms with Crippen LogP contribution in [0.1, 0.15) is 29.2 Å². The number of pyridine rings is 1. The van der Waals surface area contributed by atoms with Crippen LogP contribution in [0.15, 0.2) is 36.7 Å². The summed E-state index contributed by atoms with van der Waals surface area (Å²) in [6.07, 6.45) is 3.91.